The van der Waals surface area contributed by atoms with Crippen LogP contribution in [0.3, 0.4) is 0 Å². The SMILES string of the molecule is COc1cccc(C(=O)NCc2cn(-c3ccccc3)c3cc(OC)ccc3c2=O)c1. The van der Waals surface area contributed by atoms with Crippen LogP contribution in [-0.4, -0.2) is 24.7 Å². The van der Waals surface area contributed by atoms with Gasteiger partial charge in [-0.3, -0.25) is 9.59 Å². The molecule has 1 heterocycles. The molecule has 0 fully saturated rings. The van der Waals surface area contributed by atoms with Crippen LogP contribution in [0.15, 0.2) is 83.8 Å². The van der Waals surface area contributed by atoms with Gasteiger partial charge in [0.15, 0.2) is 5.43 Å². The monoisotopic (exact) mass is 414 g/mol. The highest BCUT2D eigenvalue weighted by molar-refractivity contribution is 5.94. The molecule has 0 saturated heterocycles. The van der Waals surface area contributed by atoms with E-state index in [1.54, 1.807) is 56.8 Å². The van der Waals surface area contributed by atoms with Gasteiger partial charge in [0, 0.05) is 41.0 Å². The number of benzene rings is 3. The summed E-state index contributed by atoms with van der Waals surface area (Å²) in [6, 6.07) is 22.0. The molecule has 0 aliphatic heterocycles. The number of pyridine rings is 1. The maximum absolute atomic E-state index is 13.1. The maximum Gasteiger partial charge on any atom is 0.251 e. The van der Waals surface area contributed by atoms with E-state index in [0.29, 0.717) is 28.0 Å². The van der Waals surface area contributed by atoms with Gasteiger partial charge in [0.05, 0.1) is 19.7 Å². The van der Waals surface area contributed by atoms with Gasteiger partial charge in [-0.15, -0.1) is 0 Å². The number of aromatic nitrogens is 1. The van der Waals surface area contributed by atoms with Crippen LogP contribution in [0.4, 0.5) is 0 Å². The molecule has 0 aliphatic rings. The van der Waals surface area contributed by atoms with Gasteiger partial charge < -0.3 is 19.4 Å². The van der Waals surface area contributed by atoms with Gasteiger partial charge in [-0.2, -0.15) is 0 Å². The Kier molecular flexibility index (Phi) is 5.71. The lowest BCUT2D eigenvalue weighted by Crippen LogP contribution is -2.27. The molecule has 6 heteroatoms. The molecule has 0 atom stereocenters. The van der Waals surface area contributed by atoms with Crippen LogP contribution < -0.4 is 20.2 Å². The number of hydrogen-bond acceptors (Lipinski definition) is 4. The second-order valence-electron chi connectivity index (χ2n) is 6.99. The number of rotatable bonds is 6. The fourth-order valence-electron chi connectivity index (χ4n) is 3.46. The summed E-state index contributed by atoms with van der Waals surface area (Å²) >= 11 is 0. The molecular formula is C25H22N2O4. The van der Waals surface area contributed by atoms with E-state index >= 15 is 0 Å². The lowest BCUT2D eigenvalue weighted by molar-refractivity contribution is 0.0950. The summed E-state index contributed by atoms with van der Waals surface area (Å²) < 4.78 is 12.5. The summed E-state index contributed by atoms with van der Waals surface area (Å²) in [6.45, 7) is 0.101. The van der Waals surface area contributed by atoms with Crippen molar-refractivity contribution in [1.82, 2.24) is 9.88 Å². The molecule has 0 saturated carbocycles. The molecule has 0 radical (unpaired) electrons. The van der Waals surface area contributed by atoms with Crippen molar-refractivity contribution in [1.29, 1.82) is 0 Å². The van der Waals surface area contributed by atoms with E-state index in [0.717, 1.165) is 11.2 Å². The van der Waals surface area contributed by atoms with Gasteiger partial charge in [0.1, 0.15) is 11.5 Å². The first-order valence-corrected chi connectivity index (χ1v) is 9.80. The quantitative estimate of drug-likeness (QED) is 0.519. The summed E-state index contributed by atoms with van der Waals surface area (Å²) in [5.74, 6) is 0.980. The molecular weight excluding hydrogens is 392 g/mol. The molecule has 0 bridgehead atoms. The van der Waals surface area contributed by atoms with Gasteiger partial charge in [-0.1, -0.05) is 24.3 Å². The highest BCUT2D eigenvalue weighted by Gasteiger charge is 2.13. The fourth-order valence-corrected chi connectivity index (χ4v) is 3.46. The molecule has 156 valence electrons. The third-order valence-electron chi connectivity index (χ3n) is 5.09. The molecule has 0 spiro atoms. The number of carbonyl (C=O) groups excluding carboxylic acids is 1. The lowest BCUT2D eigenvalue weighted by atomic mass is 10.1. The molecule has 31 heavy (non-hydrogen) atoms. The van der Waals surface area contributed by atoms with Crippen molar-refractivity contribution < 1.29 is 14.3 Å². The van der Waals surface area contributed by atoms with E-state index in [-0.39, 0.29) is 17.9 Å². The normalized spacial score (nSPS) is 10.6. The highest BCUT2D eigenvalue weighted by atomic mass is 16.5. The molecule has 0 aliphatic carbocycles. The van der Waals surface area contributed by atoms with E-state index in [1.165, 1.54) is 0 Å². The van der Waals surface area contributed by atoms with Crippen LogP contribution >= 0.6 is 0 Å². The predicted octanol–water partition coefficient (Wildman–Crippen LogP) is 3.94. The van der Waals surface area contributed by atoms with Crippen molar-refractivity contribution in [3.63, 3.8) is 0 Å². The first-order chi connectivity index (χ1) is 15.1. The molecule has 4 rings (SSSR count). The number of para-hydroxylation sites is 1. The van der Waals surface area contributed by atoms with Crippen molar-refractivity contribution >= 4 is 16.8 Å². The topological polar surface area (TPSA) is 69.6 Å². The molecule has 4 aromatic rings. The third-order valence-corrected chi connectivity index (χ3v) is 5.09. The van der Waals surface area contributed by atoms with Crippen molar-refractivity contribution in [2.45, 2.75) is 6.54 Å². The number of nitrogens with one attached hydrogen (secondary N) is 1. The number of amides is 1. The maximum atomic E-state index is 13.1. The number of nitrogens with zero attached hydrogens (tertiary/aromatic N) is 1. The van der Waals surface area contributed by atoms with E-state index in [4.69, 9.17) is 9.47 Å². The summed E-state index contributed by atoms with van der Waals surface area (Å²) in [6.07, 6.45) is 1.77. The minimum atomic E-state index is -0.278. The smallest absolute Gasteiger partial charge is 0.251 e. The van der Waals surface area contributed by atoms with Gasteiger partial charge in [-0.25, -0.2) is 0 Å². The molecule has 1 N–H and O–H groups in total. The van der Waals surface area contributed by atoms with Gasteiger partial charge in [0.2, 0.25) is 0 Å². The minimum absolute atomic E-state index is 0.101. The van der Waals surface area contributed by atoms with Crippen LogP contribution in [0.25, 0.3) is 16.6 Å². The first-order valence-electron chi connectivity index (χ1n) is 9.80. The van der Waals surface area contributed by atoms with Crippen LogP contribution in [0.2, 0.25) is 0 Å². The average Bonchev–Trinajstić information content (AvgIpc) is 2.83. The largest absolute Gasteiger partial charge is 0.497 e. The Morgan fingerprint density at radius 2 is 1.65 bits per heavy atom. The number of carbonyl (C=O) groups is 1. The molecule has 0 unspecified atom stereocenters. The van der Waals surface area contributed by atoms with E-state index in [9.17, 15) is 9.59 Å². The third kappa shape index (κ3) is 4.14. The van der Waals surface area contributed by atoms with Crippen LogP contribution in [0.1, 0.15) is 15.9 Å². The summed E-state index contributed by atoms with van der Waals surface area (Å²) in [5.41, 5.74) is 2.46. The Balaban J connectivity index is 1.73. The Labute approximate surface area is 179 Å². The zero-order valence-electron chi connectivity index (χ0n) is 17.3. The zero-order chi connectivity index (χ0) is 21.8. The van der Waals surface area contributed by atoms with Crippen LogP contribution in [0, 0.1) is 0 Å². The van der Waals surface area contributed by atoms with E-state index < -0.39 is 0 Å². The summed E-state index contributed by atoms with van der Waals surface area (Å²) in [4.78, 5) is 25.7. The van der Waals surface area contributed by atoms with Gasteiger partial charge in [0.25, 0.3) is 5.91 Å². The van der Waals surface area contributed by atoms with Crippen LogP contribution in [0.5, 0.6) is 11.5 Å². The van der Waals surface area contributed by atoms with Crippen molar-refractivity contribution in [2.75, 3.05) is 14.2 Å². The summed E-state index contributed by atoms with van der Waals surface area (Å²) in [5, 5.41) is 3.39. The number of ether oxygens (including phenoxy) is 2. The Morgan fingerprint density at radius 3 is 2.39 bits per heavy atom. The fraction of sp³-hybridized carbons (Fsp3) is 0.120. The average molecular weight is 414 g/mol. The lowest BCUT2D eigenvalue weighted by Gasteiger charge is -2.15. The van der Waals surface area contributed by atoms with E-state index in [2.05, 4.69) is 5.32 Å². The number of fused-ring (bicyclic) bond motifs is 1. The van der Waals surface area contributed by atoms with Gasteiger partial charge >= 0.3 is 0 Å². The van der Waals surface area contributed by atoms with E-state index in [1.807, 2.05) is 41.0 Å². The molecule has 1 aromatic heterocycles. The Bertz CT molecular complexity index is 1300. The highest BCUT2D eigenvalue weighted by Crippen LogP contribution is 2.22. The standard InChI is InChI=1S/C25H22N2O4/c1-30-20-10-6-7-17(13-20)25(29)26-15-18-16-27(19-8-4-3-5-9-19)23-14-21(31-2)11-12-22(23)24(18)28/h3-14,16H,15H2,1-2H3,(H,26,29). The molecule has 6 nitrogen and oxygen atoms in total. The van der Waals surface area contributed by atoms with Crippen molar-refractivity contribution in [3.8, 4) is 17.2 Å². The second-order valence-corrected chi connectivity index (χ2v) is 6.99. The molecule has 3 aromatic carbocycles. The number of hydrogen-bond donors (Lipinski definition) is 1. The van der Waals surface area contributed by atoms with Crippen molar-refractivity contribution in [2.24, 2.45) is 0 Å². The Morgan fingerprint density at radius 1 is 0.903 bits per heavy atom. The van der Waals surface area contributed by atoms with Crippen molar-refractivity contribution in [3.05, 3.63) is 100 Å². The van der Waals surface area contributed by atoms with Gasteiger partial charge in [-0.05, 0) is 42.5 Å². The predicted molar refractivity (Wildman–Crippen MR) is 120 cm³/mol. The second kappa shape index (κ2) is 8.75. The van der Waals surface area contributed by atoms with Crippen LogP contribution in [-0.2, 0) is 6.54 Å². The number of methoxy groups -OCH3 is 2. The Hall–Kier alpha value is -4.06. The first kappa shape index (κ1) is 20.2. The summed E-state index contributed by atoms with van der Waals surface area (Å²) in [7, 11) is 3.14. The zero-order valence-corrected chi connectivity index (χ0v) is 17.3. The molecule has 1 amide bonds. The minimum Gasteiger partial charge on any atom is -0.497 e.